The van der Waals surface area contributed by atoms with Crippen molar-refractivity contribution in [2.24, 2.45) is 0 Å². The average Bonchev–Trinajstić information content (AvgIpc) is 3.53. The Hall–Kier alpha value is -3.24. The van der Waals surface area contributed by atoms with E-state index < -0.39 is 35.3 Å². The van der Waals surface area contributed by atoms with E-state index in [4.69, 9.17) is 0 Å². The first kappa shape index (κ1) is 24.9. The second-order valence-electron chi connectivity index (χ2n) is 8.98. The predicted molar refractivity (Wildman–Crippen MR) is 124 cm³/mol. The van der Waals surface area contributed by atoms with Crippen molar-refractivity contribution in [2.75, 3.05) is 18.4 Å². The molecule has 4 rings (SSSR count). The van der Waals surface area contributed by atoms with E-state index >= 15 is 0 Å². The Balaban J connectivity index is 1.68. The van der Waals surface area contributed by atoms with E-state index in [0.29, 0.717) is 29.7 Å². The van der Waals surface area contributed by atoms with Crippen molar-refractivity contribution in [3.63, 3.8) is 0 Å². The Morgan fingerprint density at radius 2 is 1.91 bits per heavy atom. The minimum absolute atomic E-state index is 0.00641. The van der Waals surface area contributed by atoms with Gasteiger partial charge in [0.15, 0.2) is 0 Å². The number of carbonyl (C=O) groups excluding carboxylic acids is 1. The summed E-state index contributed by atoms with van der Waals surface area (Å²) in [6.07, 6.45) is -4.43. The van der Waals surface area contributed by atoms with Crippen molar-refractivity contribution in [3.05, 3.63) is 70.2 Å². The minimum atomic E-state index is -5.23. The van der Waals surface area contributed by atoms with Gasteiger partial charge in [-0.15, -0.1) is 0 Å². The van der Waals surface area contributed by atoms with Gasteiger partial charge in [0.1, 0.15) is 0 Å². The van der Waals surface area contributed by atoms with E-state index in [9.17, 15) is 27.9 Å². The molecule has 1 amide bonds. The lowest BCUT2D eigenvalue weighted by molar-refractivity contribution is -0.254. The Morgan fingerprint density at radius 1 is 1.20 bits per heavy atom. The lowest BCUT2D eigenvalue weighted by Gasteiger charge is -2.33. The van der Waals surface area contributed by atoms with Crippen LogP contribution in [0.3, 0.4) is 0 Å². The zero-order valence-corrected chi connectivity index (χ0v) is 19.4. The van der Waals surface area contributed by atoms with Crippen LogP contribution in [0.4, 0.5) is 18.9 Å². The van der Waals surface area contributed by atoms with Crippen LogP contribution in [0, 0.1) is 6.92 Å². The zero-order chi connectivity index (χ0) is 25.4. The summed E-state index contributed by atoms with van der Waals surface area (Å²) in [6, 6.07) is 12.6. The van der Waals surface area contributed by atoms with Crippen molar-refractivity contribution >= 4 is 22.4 Å². The Kier molecular flexibility index (Phi) is 6.46. The quantitative estimate of drug-likeness (QED) is 0.462. The highest BCUT2D eigenvalue weighted by Gasteiger charge is 2.67. The molecule has 1 aliphatic heterocycles. The number of nitrogens with zero attached hydrogens (tertiary/aromatic N) is 2. The summed E-state index contributed by atoms with van der Waals surface area (Å²) in [6.45, 7) is 4.40. The van der Waals surface area contributed by atoms with Gasteiger partial charge in [-0.3, -0.25) is 9.69 Å². The van der Waals surface area contributed by atoms with Crippen LogP contribution in [0.25, 0.3) is 10.8 Å². The van der Waals surface area contributed by atoms with Crippen LogP contribution in [-0.2, 0) is 10.3 Å². The molecule has 1 fully saturated rings. The average molecular weight is 489 g/mol. The second-order valence-corrected chi connectivity index (χ2v) is 8.98. The lowest BCUT2D eigenvalue weighted by Crippen LogP contribution is -2.57. The molecule has 3 unspecified atom stereocenters. The standard InChI is InChI=1S/C25H26F3N3O4/c1-3-4-12-31-15-23(31,17-8-6-5-7-9-17)14-24(34,25(26,27)28)22(33)29-18-10-11-19-20(13-18)16(2)30-35-21(19)32/h5-11,13,34H,3-4,12,14-15H2,1-2H3,(H,29,33). The third kappa shape index (κ3) is 4.55. The number of aliphatic hydroxyl groups is 1. The maximum Gasteiger partial charge on any atom is 0.426 e. The molecule has 3 aromatic rings. The van der Waals surface area contributed by atoms with Crippen LogP contribution in [0.15, 0.2) is 57.8 Å². The van der Waals surface area contributed by atoms with Crippen LogP contribution < -0.4 is 10.9 Å². The number of alkyl halides is 3. The highest BCUT2D eigenvalue weighted by atomic mass is 19.4. The number of benzene rings is 2. The first-order valence-corrected chi connectivity index (χ1v) is 11.3. The van der Waals surface area contributed by atoms with Gasteiger partial charge in [0.05, 0.1) is 16.6 Å². The van der Waals surface area contributed by atoms with E-state index in [1.165, 1.54) is 18.2 Å². The van der Waals surface area contributed by atoms with Crippen molar-refractivity contribution in [3.8, 4) is 0 Å². The fourth-order valence-corrected chi connectivity index (χ4v) is 4.49. The molecule has 1 aliphatic rings. The maximum atomic E-state index is 14.3. The number of halogens is 3. The summed E-state index contributed by atoms with van der Waals surface area (Å²) >= 11 is 0. The van der Waals surface area contributed by atoms with E-state index in [1.54, 1.807) is 37.3 Å². The first-order chi connectivity index (χ1) is 16.5. The predicted octanol–water partition coefficient (Wildman–Crippen LogP) is 4.13. The number of aromatic nitrogens is 1. The molecule has 3 atom stereocenters. The van der Waals surface area contributed by atoms with Gasteiger partial charge in [0.2, 0.25) is 5.60 Å². The number of nitrogens with one attached hydrogen (secondary N) is 1. The molecular weight excluding hydrogens is 463 g/mol. The van der Waals surface area contributed by atoms with Crippen LogP contribution in [0.5, 0.6) is 0 Å². The molecule has 1 saturated heterocycles. The molecule has 2 aromatic carbocycles. The smallest absolute Gasteiger partial charge is 0.373 e. The molecule has 1 aromatic heterocycles. The van der Waals surface area contributed by atoms with E-state index in [1.807, 2.05) is 11.8 Å². The fourth-order valence-electron chi connectivity index (χ4n) is 4.49. The number of fused-ring (bicyclic) bond motifs is 1. The zero-order valence-electron chi connectivity index (χ0n) is 19.4. The van der Waals surface area contributed by atoms with Gasteiger partial charge in [-0.25, -0.2) is 4.79 Å². The summed E-state index contributed by atoms with van der Waals surface area (Å²) in [7, 11) is 0. The summed E-state index contributed by atoms with van der Waals surface area (Å²) in [5.41, 5.74) is -4.53. The molecule has 0 bridgehead atoms. The van der Waals surface area contributed by atoms with Crippen LogP contribution in [0.1, 0.15) is 37.4 Å². The molecule has 0 spiro atoms. The monoisotopic (exact) mass is 489 g/mol. The van der Waals surface area contributed by atoms with E-state index in [0.717, 1.165) is 12.8 Å². The number of hydrogen-bond donors (Lipinski definition) is 2. The number of unbranched alkanes of at least 4 members (excludes halogenated alkanes) is 1. The van der Waals surface area contributed by atoms with Gasteiger partial charge in [0, 0.05) is 24.0 Å². The van der Waals surface area contributed by atoms with Gasteiger partial charge >= 0.3 is 11.8 Å². The Bertz CT molecular complexity index is 1290. The number of rotatable bonds is 8. The molecule has 0 radical (unpaired) electrons. The molecule has 35 heavy (non-hydrogen) atoms. The van der Waals surface area contributed by atoms with Crippen molar-refractivity contribution in [2.45, 2.75) is 50.4 Å². The largest absolute Gasteiger partial charge is 0.426 e. The number of hydrogen-bond acceptors (Lipinski definition) is 6. The number of aryl methyl sites for hydroxylation is 1. The highest BCUT2D eigenvalue weighted by molar-refractivity contribution is 6.00. The maximum absolute atomic E-state index is 14.3. The summed E-state index contributed by atoms with van der Waals surface area (Å²) < 4.78 is 47.5. The molecule has 0 saturated carbocycles. The van der Waals surface area contributed by atoms with Crippen molar-refractivity contribution in [1.82, 2.24) is 10.1 Å². The molecular formula is C25H26F3N3O4. The first-order valence-electron chi connectivity index (χ1n) is 11.3. The molecule has 186 valence electrons. The number of carbonyl (C=O) groups is 1. The van der Waals surface area contributed by atoms with Gasteiger partial charge in [-0.05, 0) is 43.7 Å². The molecule has 2 heterocycles. The fraction of sp³-hybridized carbons (Fsp3) is 0.400. The van der Waals surface area contributed by atoms with Crippen LogP contribution in [-0.4, -0.2) is 45.9 Å². The molecule has 0 aliphatic carbocycles. The molecule has 2 N–H and O–H groups in total. The lowest BCUT2D eigenvalue weighted by atomic mass is 9.84. The van der Waals surface area contributed by atoms with Crippen molar-refractivity contribution < 1.29 is 27.6 Å². The number of amides is 1. The second kappa shape index (κ2) is 9.09. The normalized spacial score (nSPS) is 21.5. The van der Waals surface area contributed by atoms with Crippen LogP contribution >= 0.6 is 0 Å². The van der Waals surface area contributed by atoms with Gasteiger partial charge < -0.3 is 14.9 Å². The van der Waals surface area contributed by atoms with E-state index in [-0.39, 0.29) is 11.1 Å². The van der Waals surface area contributed by atoms with Crippen molar-refractivity contribution in [1.29, 1.82) is 0 Å². The third-order valence-corrected chi connectivity index (χ3v) is 6.59. The Morgan fingerprint density at radius 3 is 2.57 bits per heavy atom. The van der Waals surface area contributed by atoms with Crippen LogP contribution in [0.2, 0.25) is 0 Å². The summed E-state index contributed by atoms with van der Waals surface area (Å²) in [4.78, 5) is 26.7. The summed E-state index contributed by atoms with van der Waals surface area (Å²) in [5, 5.41) is 17.2. The minimum Gasteiger partial charge on any atom is -0.373 e. The topological polar surface area (TPSA) is 95.4 Å². The van der Waals surface area contributed by atoms with Gasteiger partial charge in [-0.2, -0.15) is 13.2 Å². The Labute approximate surface area is 199 Å². The van der Waals surface area contributed by atoms with Gasteiger partial charge in [0.25, 0.3) is 5.91 Å². The number of anilines is 1. The summed E-state index contributed by atoms with van der Waals surface area (Å²) in [5.74, 6) is -1.59. The van der Waals surface area contributed by atoms with Gasteiger partial charge in [-0.1, -0.05) is 48.8 Å². The highest BCUT2D eigenvalue weighted by Crippen LogP contribution is 2.51. The third-order valence-electron chi connectivity index (χ3n) is 6.59. The molecule has 7 nitrogen and oxygen atoms in total. The molecule has 10 heteroatoms. The van der Waals surface area contributed by atoms with E-state index in [2.05, 4.69) is 15.0 Å². The SMILES string of the molecule is CCCCN1CC1(CC(O)(C(=O)Nc1ccc2c(=O)onc(C)c2c1)C(F)(F)F)c1ccccc1.